The summed E-state index contributed by atoms with van der Waals surface area (Å²) >= 11 is 0. The molecular formula is C30H30F3N3O6. The minimum absolute atomic E-state index is 0.135. The Hall–Kier alpha value is -4.74. The SMILES string of the molecule is CC(C)(C)OC(=O)N1CCN(C(=O)c2c(O)cc(-c3ccccc3)cc2C(=O)Nc2ccc(OC(F)(F)F)cc2)CC1. The van der Waals surface area contributed by atoms with E-state index in [0.717, 1.165) is 12.1 Å². The lowest BCUT2D eigenvalue weighted by molar-refractivity contribution is -0.274. The third-order valence-electron chi connectivity index (χ3n) is 6.25. The number of benzene rings is 3. The van der Waals surface area contributed by atoms with Crippen molar-refractivity contribution in [2.75, 3.05) is 31.5 Å². The molecule has 0 bridgehead atoms. The molecule has 1 heterocycles. The highest BCUT2D eigenvalue weighted by Crippen LogP contribution is 2.32. The van der Waals surface area contributed by atoms with Crippen molar-refractivity contribution < 1.29 is 42.1 Å². The second kappa shape index (κ2) is 12.0. The van der Waals surface area contributed by atoms with E-state index in [2.05, 4.69) is 10.1 Å². The number of rotatable bonds is 5. The molecule has 0 saturated carbocycles. The zero-order valence-corrected chi connectivity index (χ0v) is 23.2. The van der Waals surface area contributed by atoms with E-state index in [9.17, 15) is 32.7 Å². The molecule has 2 N–H and O–H groups in total. The van der Waals surface area contributed by atoms with Crippen LogP contribution in [0.5, 0.6) is 11.5 Å². The zero-order chi connectivity index (χ0) is 30.7. The molecule has 0 aromatic heterocycles. The number of aromatic hydroxyl groups is 1. The zero-order valence-electron chi connectivity index (χ0n) is 23.2. The molecule has 0 radical (unpaired) electrons. The number of anilines is 1. The summed E-state index contributed by atoms with van der Waals surface area (Å²) in [6.45, 7) is 5.92. The second-order valence-electron chi connectivity index (χ2n) is 10.6. The normalized spacial score (nSPS) is 13.9. The Labute approximate surface area is 240 Å². The maximum absolute atomic E-state index is 13.7. The van der Waals surface area contributed by atoms with Crippen molar-refractivity contribution in [2.45, 2.75) is 32.7 Å². The molecule has 3 aromatic rings. The smallest absolute Gasteiger partial charge is 0.507 e. The fourth-order valence-corrected chi connectivity index (χ4v) is 4.34. The Balaban J connectivity index is 1.60. The number of nitrogens with one attached hydrogen (secondary N) is 1. The molecule has 1 saturated heterocycles. The number of amides is 3. The van der Waals surface area contributed by atoms with Gasteiger partial charge in [-0.2, -0.15) is 0 Å². The molecule has 1 aliphatic heterocycles. The Morgan fingerprint density at radius 2 is 1.43 bits per heavy atom. The standard InChI is InChI=1S/C30H30F3N3O6/c1-29(2,3)42-28(40)36-15-13-35(14-16-36)27(39)25-23(17-20(18-24(25)37)19-7-5-4-6-8-19)26(38)34-21-9-11-22(12-10-21)41-30(31,32)33/h4-12,17-18,37H,13-16H2,1-3H3,(H,34,38). The number of nitrogens with zero attached hydrogens (tertiary/aromatic N) is 2. The highest BCUT2D eigenvalue weighted by Gasteiger charge is 2.32. The average Bonchev–Trinajstić information content (AvgIpc) is 2.92. The molecule has 0 unspecified atom stereocenters. The summed E-state index contributed by atoms with van der Waals surface area (Å²) in [5, 5.41) is 13.6. The van der Waals surface area contributed by atoms with Gasteiger partial charge >= 0.3 is 12.5 Å². The maximum Gasteiger partial charge on any atom is 0.573 e. The van der Waals surface area contributed by atoms with Gasteiger partial charge in [-0.15, -0.1) is 13.2 Å². The van der Waals surface area contributed by atoms with Gasteiger partial charge in [0.05, 0.1) is 11.1 Å². The van der Waals surface area contributed by atoms with Crippen LogP contribution in [0.1, 0.15) is 41.5 Å². The van der Waals surface area contributed by atoms with Crippen LogP contribution < -0.4 is 10.1 Å². The van der Waals surface area contributed by atoms with E-state index in [1.807, 2.05) is 0 Å². The predicted molar refractivity (Wildman–Crippen MR) is 148 cm³/mol. The number of hydrogen-bond acceptors (Lipinski definition) is 6. The number of hydrogen-bond donors (Lipinski definition) is 2. The second-order valence-corrected chi connectivity index (χ2v) is 10.6. The average molecular weight is 586 g/mol. The van der Waals surface area contributed by atoms with E-state index in [0.29, 0.717) is 11.1 Å². The summed E-state index contributed by atoms with van der Waals surface area (Å²) in [5.41, 5.74) is 0.242. The molecule has 4 rings (SSSR count). The van der Waals surface area contributed by atoms with E-state index < -0.39 is 41.4 Å². The van der Waals surface area contributed by atoms with Gasteiger partial charge in [0, 0.05) is 31.9 Å². The van der Waals surface area contributed by atoms with Crippen LogP contribution in [0.4, 0.5) is 23.7 Å². The number of halogens is 3. The highest BCUT2D eigenvalue weighted by molar-refractivity contribution is 6.14. The monoisotopic (exact) mass is 585 g/mol. The third kappa shape index (κ3) is 7.71. The van der Waals surface area contributed by atoms with Gasteiger partial charge in [-0.3, -0.25) is 9.59 Å². The Bertz CT molecular complexity index is 1450. The maximum atomic E-state index is 13.7. The topological polar surface area (TPSA) is 108 Å². The van der Waals surface area contributed by atoms with Gasteiger partial charge in [-0.05, 0) is 68.3 Å². The van der Waals surface area contributed by atoms with Gasteiger partial charge in [-0.1, -0.05) is 30.3 Å². The molecular weight excluding hydrogens is 555 g/mol. The van der Waals surface area contributed by atoms with Gasteiger partial charge in [0.15, 0.2) is 0 Å². The summed E-state index contributed by atoms with van der Waals surface area (Å²) in [4.78, 5) is 42.5. The van der Waals surface area contributed by atoms with Crippen molar-refractivity contribution >= 4 is 23.6 Å². The van der Waals surface area contributed by atoms with E-state index in [4.69, 9.17) is 4.74 Å². The summed E-state index contributed by atoms with van der Waals surface area (Å²) < 4.78 is 46.8. The predicted octanol–water partition coefficient (Wildman–Crippen LogP) is 5.90. The van der Waals surface area contributed by atoms with Crippen LogP contribution in [0.25, 0.3) is 11.1 Å². The van der Waals surface area contributed by atoms with Gasteiger partial charge in [0.2, 0.25) is 0 Å². The molecule has 1 fully saturated rings. The Morgan fingerprint density at radius 3 is 2.00 bits per heavy atom. The number of ether oxygens (including phenoxy) is 2. The van der Waals surface area contributed by atoms with Crippen LogP contribution in [-0.4, -0.2) is 71.0 Å². The molecule has 1 aliphatic rings. The first-order chi connectivity index (χ1) is 19.7. The van der Waals surface area contributed by atoms with Gasteiger partial charge in [0.25, 0.3) is 11.8 Å². The molecule has 3 aromatic carbocycles. The number of phenols is 1. The molecule has 42 heavy (non-hydrogen) atoms. The summed E-state index contributed by atoms with van der Waals surface area (Å²) in [6.07, 6.45) is -5.37. The minimum atomic E-state index is -4.87. The first kappa shape index (κ1) is 30.2. The lowest BCUT2D eigenvalue weighted by Crippen LogP contribution is -2.51. The number of carbonyl (C=O) groups excluding carboxylic acids is 3. The van der Waals surface area contributed by atoms with Crippen molar-refractivity contribution in [3.63, 3.8) is 0 Å². The Kier molecular flexibility index (Phi) is 8.64. The van der Waals surface area contributed by atoms with Crippen LogP contribution >= 0.6 is 0 Å². The number of carbonyl (C=O) groups is 3. The lowest BCUT2D eigenvalue weighted by Gasteiger charge is -2.36. The van der Waals surface area contributed by atoms with Crippen LogP contribution in [0.2, 0.25) is 0 Å². The fourth-order valence-electron chi connectivity index (χ4n) is 4.34. The molecule has 12 heteroatoms. The van der Waals surface area contributed by atoms with Crippen molar-refractivity contribution in [1.29, 1.82) is 0 Å². The van der Waals surface area contributed by atoms with Gasteiger partial charge in [-0.25, -0.2) is 4.79 Å². The van der Waals surface area contributed by atoms with Crippen molar-refractivity contribution in [1.82, 2.24) is 9.80 Å². The molecule has 222 valence electrons. The number of phenolic OH excluding ortho intramolecular Hbond substituents is 1. The highest BCUT2D eigenvalue weighted by atomic mass is 19.4. The number of piperazine rings is 1. The quantitative estimate of drug-likeness (QED) is 0.386. The fraction of sp³-hybridized carbons (Fsp3) is 0.300. The molecule has 9 nitrogen and oxygen atoms in total. The molecule has 0 aliphatic carbocycles. The van der Waals surface area contributed by atoms with Crippen LogP contribution in [0.15, 0.2) is 66.7 Å². The summed E-state index contributed by atoms with van der Waals surface area (Å²) in [6, 6.07) is 16.3. The van der Waals surface area contributed by atoms with Crippen LogP contribution in [0, 0.1) is 0 Å². The van der Waals surface area contributed by atoms with Gasteiger partial charge < -0.3 is 29.7 Å². The molecule has 3 amide bonds. The van der Waals surface area contributed by atoms with E-state index in [-0.39, 0.29) is 43.0 Å². The van der Waals surface area contributed by atoms with Crippen LogP contribution in [0.3, 0.4) is 0 Å². The van der Waals surface area contributed by atoms with Crippen molar-refractivity contribution in [2.24, 2.45) is 0 Å². The first-order valence-corrected chi connectivity index (χ1v) is 13.1. The van der Waals surface area contributed by atoms with E-state index in [1.165, 1.54) is 34.1 Å². The van der Waals surface area contributed by atoms with Crippen LogP contribution in [-0.2, 0) is 4.74 Å². The van der Waals surface area contributed by atoms with Crippen molar-refractivity contribution in [3.8, 4) is 22.6 Å². The number of alkyl halides is 3. The third-order valence-corrected chi connectivity index (χ3v) is 6.25. The largest absolute Gasteiger partial charge is 0.573 e. The summed E-state index contributed by atoms with van der Waals surface area (Å²) in [5.74, 6) is -2.26. The summed E-state index contributed by atoms with van der Waals surface area (Å²) in [7, 11) is 0. The molecule has 0 atom stereocenters. The molecule has 0 spiro atoms. The van der Waals surface area contributed by atoms with Crippen molar-refractivity contribution in [3.05, 3.63) is 77.9 Å². The lowest BCUT2D eigenvalue weighted by atomic mass is 9.96. The first-order valence-electron chi connectivity index (χ1n) is 13.1. The van der Waals surface area contributed by atoms with E-state index in [1.54, 1.807) is 51.1 Å². The Morgan fingerprint density at radius 1 is 0.833 bits per heavy atom. The minimum Gasteiger partial charge on any atom is -0.507 e. The van der Waals surface area contributed by atoms with E-state index >= 15 is 0 Å². The van der Waals surface area contributed by atoms with Gasteiger partial charge in [0.1, 0.15) is 17.1 Å².